The first kappa shape index (κ1) is 11.1. The normalized spacial score (nSPS) is 15.9. The fraction of sp³-hybridized carbons (Fsp3) is 0.231. The average Bonchev–Trinajstić information content (AvgIpc) is 2.31. The Kier molecular flexibility index (Phi) is 2.97. The molecule has 0 saturated carbocycles. The van der Waals surface area contributed by atoms with Gasteiger partial charge in [0.05, 0.1) is 4.90 Å². The molecule has 0 saturated heterocycles. The van der Waals surface area contributed by atoms with Gasteiger partial charge in [0.15, 0.2) is 0 Å². The van der Waals surface area contributed by atoms with Gasteiger partial charge in [-0.2, -0.15) is 0 Å². The molecule has 0 atom stereocenters. The maximum absolute atomic E-state index is 12.2. The zero-order chi connectivity index (χ0) is 11.6. The van der Waals surface area contributed by atoms with Gasteiger partial charge < -0.3 is 0 Å². The highest BCUT2D eigenvalue weighted by Gasteiger charge is 2.19. The summed E-state index contributed by atoms with van der Waals surface area (Å²) in [7, 11) is -3.27. The molecule has 2 rings (SSSR count). The Hall–Kier alpha value is -1.35. The van der Waals surface area contributed by atoms with Crippen LogP contribution in [0.1, 0.15) is 18.4 Å². The Morgan fingerprint density at radius 3 is 2.31 bits per heavy atom. The third-order valence-corrected chi connectivity index (χ3v) is 4.56. The molecule has 0 unspecified atom stereocenters. The van der Waals surface area contributed by atoms with Crippen molar-refractivity contribution in [3.8, 4) is 0 Å². The van der Waals surface area contributed by atoms with Crippen molar-refractivity contribution >= 4 is 9.84 Å². The van der Waals surface area contributed by atoms with Crippen LogP contribution in [0, 0.1) is 6.92 Å². The van der Waals surface area contributed by atoms with Crippen LogP contribution in [0.2, 0.25) is 0 Å². The lowest BCUT2D eigenvalue weighted by atomic mass is 10.2. The van der Waals surface area contributed by atoms with E-state index in [-0.39, 0.29) is 0 Å². The van der Waals surface area contributed by atoms with E-state index in [0.29, 0.717) is 22.6 Å². The summed E-state index contributed by atoms with van der Waals surface area (Å²) in [6, 6.07) is 6.99. The highest BCUT2D eigenvalue weighted by molar-refractivity contribution is 7.95. The van der Waals surface area contributed by atoms with Crippen LogP contribution in [0.25, 0.3) is 0 Å². The van der Waals surface area contributed by atoms with Crippen molar-refractivity contribution in [1.82, 2.24) is 0 Å². The largest absolute Gasteiger partial charge is 0.219 e. The highest BCUT2D eigenvalue weighted by Crippen LogP contribution is 2.25. The second-order valence-electron chi connectivity index (χ2n) is 3.90. The summed E-state index contributed by atoms with van der Waals surface area (Å²) in [5.41, 5.74) is 1.07. The molecular weight excluding hydrogens is 220 g/mol. The summed E-state index contributed by atoms with van der Waals surface area (Å²) in [6.45, 7) is 1.94. The van der Waals surface area contributed by atoms with Crippen molar-refractivity contribution in [1.29, 1.82) is 0 Å². The summed E-state index contributed by atoms with van der Waals surface area (Å²) in [6.07, 6.45) is 6.89. The summed E-state index contributed by atoms with van der Waals surface area (Å²) in [5, 5.41) is 0. The Balaban J connectivity index is 2.39. The standard InChI is InChI=1S/C13H14O2S/c1-11-7-9-13(10-8-11)16(14,15)12-5-3-2-4-6-12/h2-3,6-10H,4-5H2,1H3. The fourth-order valence-electron chi connectivity index (χ4n) is 1.67. The predicted octanol–water partition coefficient (Wildman–Crippen LogP) is 3.00. The average molecular weight is 234 g/mol. The lowest BCUT2D eigenvalue weighted by molar-refractivity contribution is 0.601. The molecule has 0 aromatic heterocycles. The molecule has 1 aliphatic rings. The number of allylic oxidation sites excluding steroid dienone is 4. The molecule has 1 aromatic carbocycles. The van der Waals surface area contributed by atoms with Crippen LogP contribution < -0.4 is 0 Å². The summed E-state index contributed by atoms with van der Waals surface area (Å²) in [5.74, 6) is 0. The molecule has 0 fully saturated rings. The second kappa shape index (κ2) is 4.26. The molecule has 3 heteroatoms. The Labute approximate surface area is 96.2 Å². The highest BCUT2D eigenvalue weighted by atomic mass is 32.2. The van der Waals surface area contributed by atoms with Crippen LogP contribution in [0.4, 0.5) is 0 Å². The lowest BCUT2D eigenvalue weighted by Crippen LogP contribution is -2.05. The summed E-state index contributed by atoms with van der Waals surface area (Å²) < 4.78 is 24.4. The van der Waals surface area contributed by atoms with Gasteiger partial charge in [0.25, 0.3) is 0 Å². The molecule has 0 heterocycles. The number of sulfone groups is 1. The van der Waals surface area contributed by atoms with Crippen molar-refractivity contribution in [3.05, 3.63) is 53.0 Å². The maximum Gasteiger partial charge on any atom is 0.202 e. The zero-order valence-electron chi connectivity index (χ0n) is 9.18. The molecule has 2 nitrogen and oxygen atoms in total. The van der Waals surface area contributed by atoms with E-state index in [1.807, 2.05) is 31.2 Å². The molecule has 0 radical (unpaired) electrons. The third kappa shape index (κ3) is 2.09. The van der Waals surface area contributed by atoms with Gasteiger partial charge in [-0.15, -0.1) is 0 Å². The maximum atomic E-state index is 12.2. The van der Waals surface area contributed by atoms with Crippen molar-refractivity contribution < 1.29 is 8.42 Å². The van der Waals surface area contributed by atoms with E-state index >= 15 is 0 Å². The number of benzene rings is 1. The van der Waals surface area contributed by atoms with Gasteiger partial charge in [-0.25, -0.2) is 8.42 Å². The zero-order valence-corrected chi connectivity index (χ0v) is 10.00. The van der Waals surface area contributed by atoms with E-state index in [2.05, 4.69) is 0 Å². The number of aryl methyl sites for hydroxylation is 1. The van der Waals surface area contributed by atoms with Gasteiger partial charge in [0.1, 0.15) is 0 Å². The van der Waals surface area contributed by atoms with E-state index < -0.39 is 9.84 Å². The molecule has 0 aliphatic heterocycles. The number of hydrogen-bond donors (Lipinski definition) is 0. The van der Waals surface area contributed by atoms with Crippen molar-refractivity contribution in [2.75, 3.05) is 0 Å². The predicted molar refractivity (Wildman–Crippen MR) is 64.8 cm³/mol. The van der Waals surface area contributed by atoms with Crippen LogP contribution in [0.5, 0.6) is 0 Å². The fourth-order valence-corrected chi connectivity index (χ4v) is 3.10. The van der Waals surface area contributed by atoms with E-state index in [4.69, 9.17) is 0 Å². The lowest BCUT2D eigenvalue weighted by Gasteiger charge is -2.10. The van der Waals surface area contributed by atoms with Gasteiger partial charge in [-0.3, -0.25) is 0 Å². The molecule has 1 aliphatic carbocycles. The Morgan fingerprint density at radius 2 is 1.75 bits per heavy atom. The van der Waals surface area contributed by atoms with Crippen molar-refractivity contribution in [2.45, 2.75) is 24.7 Å². The van der Waals surface area contributed by atoms with Crippen LogP contribution in [-0.2, 0) is 9.84 Å². The van der Waals surface area contributed by atoms with Crippen LogP contribution >= 0.6 is 0 Å². The minimum absolute atomic E-state index is 0.389. The van der Waals surface area contributed by atoms with E-state index in [1.165, 1.54) is 0 Å². The first-order valence-electron chi connectivity index (χ1n) is 5.26. The van der Waals surface area contributed by atoms with E-state index in [1.54, 1.807) is 18.2 Å². The van der Waals surface area contributed by atoms with E-state index in [0.717, 1.165) is 5.56 Å². The molecule has 84 valence electrons. The van der Waals surface area contributed by atoms with E-state index in [9.17, 15) is 8.42 Å². The third-order valence-electron chi connectivity index (χ3n) is 2.64. The monoisotopic (exact) mass is 234 g/mol. The quantitative estimate of drug-likeness (QED) is 0.737. The molecule has 0 amide bonds. The molecule has 0 bridgehead atoms. The topological polar surface area (TPSA) is 34.1 Å². The number of hydrogen-bond acceptors (Lipinski definition) is 2. The van der Waals surface area contributed by atoms with Gasteiger partial charge >= 0.3 is 0 Å². The molecular formula is C13H14O2S. The van der Waals surface area contributed by atoms with Gasteiger partial charge in [-0.05, 0) is 25.5 Å². The van der Waals surface area contributed by atoms with Crippen LogP contribution in [0.3, 0.4) is 0 Å². The van der Waals surface area contributed by atoms with Crippen molar-refractivity contribution in [2.24, 2.45) is 0 Å². The minimum atomic E-state index is -3.27. The van der Waals surface area contributed by atoms with Crippen LogP contribution in [0.15, 0.2) is 52.3 Å². The molecule has 0 N–H and O–H groups in total. The Bertz CT molecular complexity index is 534. The first-order chi connectivity index (χ1) is 7.60. The SMILES string of the molecule is Cc1ccc(S(=O)(=O)C2=CCC=CC2)cc1. The summed E-state index contributed by atoms with van der Waals surface area (Å²) in [4.78, 5) is 0.901. The number of rotatable bonds is 2. The van der Waals surface area contributed by atoms with Crippen molar-refractivity contribution in [3.63, 3.8) is 0 Å². The van der Waals surface area contributed by atoms with Gasteiger partial charge in [0, 0.05) is 11.3 Å². The molecule has 16 heavy (non-hydrogen) atoms. The first-order valence-corrected chi connectivity index (χ1v) is 6.75. The summed E-state index contributed by atoms with van der Waals surface area (Å²) >= 11 is 0. The van der Waals surface area contributed by atoms with Gasteiger partial charge in [-0.1, -0.05) is 35.9 Å². The van der Waals surface area contributed by atoms with Gasteiger partial charge in [0.2, 0.25) is 9.84 Å². The minimum Gasteiger partial charge on any atom is -0.219 e. The smallest absolute Gasteiger partial charge is 0.202 e. The van der Waals surface area contributed by atoms with Crippen LogP contribution in [-0.4, -0.2) is 8.42 Å². The second-order valence-corrected chi connectivity index (χ2v) is 5.90. The molecule has 0 spiro atoms. The Morgan fingerprint density at radius 1 is 1.06 bits per heavy atom. The molecule has 1 aromatic rings.